The minimum atomic E-state index is -4.48. The number of nitriles is 1. The highest BCUT2D eigenvalue weighted by molar-refractivity contribution is 5.87. The lowest BCUT2D eigenvalue weighted by molar-refractivity contribution is -0.138. The van der Waals surface area contributed by atoms with E-state index in [0.717, 1.165) is 0 Å². The Kier molecular flexibility index (Phi) is 6.84. The summed E-state index contributed by atoms with van der Waals surface area (Å²) in [5, 5.41) is 9.17. The zero-order valence-electron chi connectivity index (χ0n) is 21.7. The van der Waals surface area contributed by atoms with Gasteiger partial charge >= 0.3 is 6.18 Å². The topological polar surface area (TPSA) is 70.1 Å². The van der Waals surface area contributed by atoms with Crippen molar-refractivity contribution in [2.75, 3.05) is 18.0 Å². The van der Waals surface area contributed by atoms with E-state index in [-0.39, 0.29) is 41.8 Å². The first-order valence-corrected chi connectivity index (χ1v) is 12.1. The number of anilines is 1. The molecule has 0 spiro atoms. The molecular weight excluding hydrogens is 488 g/mol. The lowest BCUT2D eigenvalue weighted by Gasteiger charge is -2.48. The largest absolute Gasteiger partial charge is 0.416 e. The first kappa shape index (κ1) is 26.7. The second kappa shape index (κ2) is 9.49. The van der Waals surface area contributed by atoms with Crippen LogP contribution in [0.3, 0.4) is 0 Å². The highest BCUT2D eigenvalue weighted by Gasteiger charge is 2.40. The Labute approximate surface area is 212 Å². The Morgan fingerprint density at radius 3 is 2.46 bits per heavy atom. The maximum Gasteiger partial charge on any atom is 0.416 e. The normalized spacial score (nSPS) is 19.9. The number of piperazine rings is 1. The number of hydrogen-bond acceptors (Lipinski definition) is 5. The van der Waals surface area contributed by atoms with Gasteiger partial charge in [0.05, 0.1) is 18.1 Å². The molecule has 1 aromatic carbocycles. The number of nitrogens with zero attached hydrogens (tertiary/aromatic N) is 6. The third-order valence-electron chi connectivity index (χ3n) is 7.42. The third kappa shape index (κ3) is 4.48. The van der Waals surface area contributed by atoms with Gasteiger partial charge in [0.25, 0.3) is 5.56 Å². The van der Waals surface area contributed by atoms with Crippen molar-refractivity contribution >= 4 is 16.9 Å². The van der Waals surface area contributed by atoms with Crippen LogP contribution in [0, 0.1) is 24.1 Å². The van der Waals surface area contributed by atoms with Crippen molar-refractivity contribution in [2.45, 2.75) is 58.4 Å². The summed E-state index contributed by atoms with van der Waals surface area (Å²) >= 11 is 0. The first-order valence-electron chi connectivity index (χ1n) is 12.1. The molecule has 37 heavy (non-hydrogen) atoms. The van der Waals surface area contributed by atoms with Crippen LogP contribution in [0.15, 0.2) is 23.0 Å². The van der Waals surface area contributed by atoms with E-state index < -0.39 is 29.2 Å². The SMILES string of the molecule is Cc1ccc(C(C)N2C[C@H](C)N(c3c(F)c(=O)n(C)c4c3nc(CC#N)n4C)C[C@H]2C)c(C(F)(F)F)c1. The smallest absolute Gasteiger partial charge is 0.362 e. The summed E-state index contributed by atoms with van der Waals surface area (Å²) in [4.78, 5) is 21.1. The van der Waals surface area contributed by atoms with Crippen LogP contribution in [-0.2, 0) is 26.7 Å². The summed E-state index contributed by atoms with van der Waals surface area (Å²) in [5.74, 6) is -0.526. The van der Waals surface area contributed by atoms with Gasteiger partial charge in [-0.15, -0.1) is 0 Å². The predicted octanol–water partition coefficient (Wildman–Crippen LogP) is 4.46. The zero-order chi connectivity index (χ0) is 27.4. The molecule has 1 aliphatic rings. The second-order valence-electron chi connectivity index (χ2n) is 9.93. The summed E-state index contributed by atoms with van der Waals surface area (Å²) < 4.78 is 59.8. The molecule has 4 rings (SSSR count). The van der Waals surface area contributed by atoms with E-state index >= 15 is 4.39 Å². The molecule has 3 heterocycles. The standard InChI is InChI=1S/C26H30F4N6O/c1-14-7-8-18(19(11-14)26(28,29)30)17(4)35-12-16(3)36(13-15(35)2)23-21(27)25(37)34(6)24-22(23)32-20(9-10-31)33(24)5/h7-8,11,15-17H,9,12-13H2,1-6H3/t15-,16+,17?/m1/s1. The molecule has 0 saturated carbocycles. The van der Waals surface area contributed by atoms with Crippen LogP contribution < -0.4 is 10.5 Å². The van der Waals surface area contributed by atoms with Gasteiger partial charge in [-0.1, -0.05) is 17.7 Å². The minimum absolute atomic E-state index is 0.00420. The third-order valence-corrected chi connectivity index (χ3v) is 7.42. The number of fused-ring (bicyclic) bond motifs is 1. The van der Waals surface area contributed by atoms with Gasteiger partial charge in [0, 0.05) is 45.3 Å². The number of halogens is 4. The number of imidazole rings is 1. The van der Waals surface area contributed by atoms with Gasteiger partial charge in [0.1, 0.15) is 22.7 Å². The molecule has 1 saturated heterocycles. The van der Waals surface area contributed by atoms with Gasteiger partial charge < -0.3 is 9.47 Å². The van der Waals surface area contributed by atoms with Crippen LogP contribution in [-0.4, -0.2) is 44.2 Å². The second-order valence-corrected chi connectivity index (χ2v) is 9.93. The fourth-order valence-corrected chi connectivity index (χ4v) is 5.48. The van der Waals surface area contributed by atoms with Crippen molar-refractivity contribution in [1.82, 2.24) is 19.0 Å². The highest BCUT2D eigenvalue weighted by Crippen LogP contribution is 2.39. The fourth-order valence-electron chi connectivity index (χ4n) is 5.48. The van der Waals surface area contributed by atoms with Crippen molar-refractivity contribution in [3.05, 3.63) is 56.9 Å². The summed E-state index contributed by atoms with van der Waals surface area (Å²) in [6.45, 7) is 7.75. The van der Waals surface area contributed by atoms with E-state index in [1.165, 1.54) is 23.7 Å². The van der Waals surface area contributed by atoms with E-state index in [1.807, 2.05) is 24.8 Å². The molecule has 2 aromatic heterocycles. The maximum absolute atomic E-state index is 15.5. The highest BCUT2D eigenvalue weighted by atomic mass is 19.4. The average molecular weight is 519 g/mol. The molecule has 1 fully saturated rings. The summed E-state index contributed by atoms with van der Waals surface area (Å²) in [6, 6.07) is 5.29. The number of aromatic nitrogens is 3. The number of alkyl halides is 3. The van der Waals surface area contributed by atoms with Crippen molar-refractivity contribution in [3.8, 4) is 6.07 Å². The molecule has 0 aliphatic carbocycles. The number of hydrogen-bond donors (Lipinski definition) is 0. The number of benzene rings is 1. The molecule has 7 nitrogen and oxygen atoms in total. The van der Waals surface area contributed by atoms with Crippen LogP contribution >= 0.6 is 0 Å². The lowest BCUT2D eigenvalue weighted by Crippen LogP contribution is -2.57. The maximum atomic E-state index is 15.5. The molecule has 198 valence electrons. The molecule has 1 aliphatic heterocycles. The lowest BCUT2D eigenvalue weighted by atomic mass is 9.95. The van der Waals surface area contributed by atoms with Crippen LogP contribution in [0.5, 0.6) is 0 Å². The Bertz CT molecular complexity index is 1450. The van der Waals surface area contributed by atoms with Gasteiger partial charge in [-0.2, -0.15) is 22.8 Å². The van der Waals surface area contributed by atoms with Crippen molar-refractivity contribution < 1.29 is 17.6 Å². The quantitative estimate of drug-likeness (QED) is 0.477. The van der Waals surface area contributed by atoms with Crippen molar-refractivity contribution in [1.29, 1.82) is 5.26 Å². The minimum Gasteiger partial charge on any atom is -0.362 e. The fraction of sp³-hybridized carbons (Fsp3) is 0.500. The van der Waals surface area contributed by atoms with Gasteiger partial charge in [-0.3, -0.25) is 14.3 Å². The molecule has 0 amide bonds. The van der Waals surface area contributed by atoms with Gasteiger partial charge in [0.15, 0.2) is 0 Å². The molecule has 0 radical (unpaired) electrons. The first-order chi connectivity index (χ1) is 17.3. The number of rotatable bonds is 4. The summed E-state index contributed by atoms with van der Waals surface area (Å²) in [6.07, 6.45) is -4.49. The van der Waals surface area contributed by atoms with Crippen molar-refractivity contribution in [3.63, 3.8) is 0 Å². The molecule has 11 heteroatoms. The van der Waals surface area contributed by atoms with E-state index in [2.05, 4.69) is 4.98 Å². The van der Waals surface area contributed by atoms with Crippen LogP contribution in [0.2, 0.25) is 0 Å². The Morgan fingerprint density at radius 1 is 1.16 bits per heavy atom. The van der Waals surface area contributed by atoms with Gasteiger partial charge in [-0.25, -0.2) is 4.98 Å². The predicted molar refractivity (Wildman–Crippen MR) is 133 cm³/mol. The summed E-state index contributed by atoms with van der Waals surface area (Å²) in [7, 11) is 3.13. The monoisotopic (exact) mass is 518 g/mol. The summed E-state index contributed by atoms with van der Waals surface area (Å²) in [5.41, 5.74) is 0.0158. The molecule has 0 N–H and O–H groups in total. The molecule has 3 aromatic rings. The molecule has 1 unspecified atom stereocenters. The Morgan fingerprint density at radius 2 is 1.84 bits per heavy atom. The molecular formula is C26H30F4N6O. The zero-order valence-corrected chi connectivity index (χ0v) is 21.7. The molecule has 0 bridgehead atoms. The Hall–Kier alpha value is -3.39. The Balaban J connectivity index is 1.75. The van der Waals surface area contributed by atoms with Gasteiger partial charge in [0.2, 0.25) is 5.82 Å². The van der Waals surface area contributed by atoms with E-state index in [9.17, 15) is 23.2 Å². The van der Waals surface area contributed by atoms with Crippen LogP contribution in [0.1, 0.15) is 49.3 Å². The van der Waals surface area contributed by atoms with Crippen LogP contribution in [0.4, 0.5) is 23.2 Å². The van der Waals surface area contributed by atoms with Crippen LogP contribution in [0.25, 0.3) is 11.2 Å². The van der Waals surface area contributed by atoms with Gasteiger partial charge in [-0.05, 0) is 39.3 Å². The van der Waals surface area contributed by atoms with E-state index in [0.29, 0.717) is 23.6 Å². The average Bonchev–Trinajstić information content (AvgIpc) is 3.14. The van der Waals surface area contributed by atoms with E-state index in [4.69, 9.17) is 0 Å². The number of pyridine rings is 1. The van der Waals surface area contributed by atoms with E-state index in [1.54, 1.807) is 36.4 Å². The number of aryl methyl sites for hydroxylation is 3. The molecule has 3 atom stereocenters. The van der Waals surface area contributed by atoms with Crippen molar-refractivity contribution in [2.24, 2.45) is 14.1 Å².